The number of halogens is 2. The lowest BCUT2D eigenvalue weighted by Crippen LogP contribution is -2.41. The molecule has 11 heteroatoms. The summed E-state index contributed by atoms with van der Waals surface area (Å²) in [5, 5.41) is 1.97. The summed E-state index contributed by atoms with van der Waals surface area (Å²) in [6.07, 6.45) is 0. The van der Waals surface area contributed by atoms with E-state index in [1.54, 1.807) is 12.1 Å². The van der Waals surface area contributed by atoms with Crippen LogP contribution in [0.4, 0.5) is 42.9 Å². The van der Waals surface area contributed by atoms with Crippen LogP contribution in [0, 0.1) is 11.6 Å². The van der Waals surface area contributed by atoms with E-state index in [4.69, 9.17) is 23.0 Å². The molecule has 2 aliphatic rings. The Balaban J connectivity index is 0.000000164. The average Bonchev–Trinajstić information content (AvgIpc) is 1.61. The first-order valence-electron chi connectivity index (χ1n) is 32.4. The number of nitrogens with zero attached hydrogens (tertiary/aromatic N) is 2. The van der Waals surface area contributed by atoms with Gasteiger partial charge in [-0.3, -0.25) is 0 Å². The van der Waals surface area contributed by atoms with Crippen molar-refractivity contribution >= 4 is 81.2 Å². The minimum atomic E-state index is -0.516. The van der Waals surface area contributed by atoms with E-state index in [2.05, 4.69) is 76.2 Å². The molecule has 1 aromatic heterocycles. The molecule has 0 spiro atoms. The lowest BCUT2D eigenvalue weighted by Gasteiger charge is -2.32. The number of fused-ring (bicyclic) bond motifs is 3. The first-order chi connectivity index (χ1) is 45.9. The Morgan fingerprint density at radius 1 is 0.295 bits per heavy atom. The van der Waals surface area contributed by atoms with Crippen molar-refractivity contribution in [2.75, 3.05) is 9.80 Å². The van der Waals surface area contributed by atoms with E-state index in [9.17, 15) is 0 Å². The number of rotatable bonds is 13. The van der Waals surface area contributed by atoms with Crippen LogP contribution in [0.5, 0.6) is 0 Å². The van der Waals surface area contributed by atoms with Crippen molar-refractivity contribution in [3.05, 3.63) is 303 Å². The van der Waals surface area contributed by atoms with Gasteiger partial charge in [-0.25, -0.2) is 8.78 Å². The van der Waals surface area contributed by atoms with Gasteiger partial charge in [0.2, 0.25) is 0 Å². The monoisotopic (exact) mass is 1250 g/mol. The van der Waals surface area contributed by atoms with Gasteiger partial charge in [0.05, 0.1) is 45.2 Å². The molecule has 468 valence electrons. The Labute approximate surface area is 556 Å². The summed E-state index contributed by atoms with van der Waals surface area (Å²) in [5.74, 6) is -0.665. The highest BCUT2D eigenvalue weighted by Gasteiger charge is 2.53. The molecule has 0 radical (unpaired) electrons. The predicted molar refractivity (Wildman–Crippen MR) is 388 cm³/mol. The van der Waals surface area contributed by atoms with E-state index in [1.807, 2.05) is 268 Å². The second-order valence-electron chi connectivity index (χ2n) is 26.3. The molecule has 2 saturated heterocycles. The molecule has 95 heavy (non-hydrogen) atoms. The molecule has 2 fully saturated rings. The maximum Gasteiger partial charge on any atom is 0.494 e. The summed E-state index contributed by atoms with van der Waals surface area (Å²) in [6.45, 7) is 16.4. The van der Waals surface area contributed by atoms with Crippen LogP contribution in [0.1, 0.15) is 55.4 Å². The zero-order valence-electron chi connectivity index (χ0n) is 54.6. The molecule has 12 aromatic carbocycles. The quantitative estimate of drug-likeness (QED) is 0.107. The normalized spacial score (nSPS) is 15.2. The van der Waals surface area contributed by atoms with Gasteiger partial charge >= 0.3 is 14.2 Å². The molecule has 0 amide bonds. The van der Waals surface area contributed by atoms with Gasteiger partial charge in [-0.2, -0.15) is 0 Å². The van der Waals surface area contributed by atoms with Crippen molar-refractivity contribution in [2.45, 2.75) is 77.8 Å². The molecular formula is C84H72B2F2N2O5. The van der Waals surface area contributed by atoms with Crippen molar-refractivity contribution in [1.29, 1.82) is 0 Å². The van der Waals surface area contributed by atoms with E-state index in [-0.39, 0.29) is 11.6 Å². The van der Waals surface area contributed by atoms with E-state index in [1.165, 1.54) is 0 Å². The van der Waals surface area contributed by atoms with Crippen LogP contribution in [0.3, 0.4) is 0 Å². The minimum Gasteiger partial charge on any atom is -0.454 e. The predicted octanol–water partition coefficient (Wildman–Crippen LogP) is 21.4. The summed E-state index contributed by atoms with van der Waals surface area (Å²) >= 11 is 0. The third kappa shape index (κ3) is 12.1. The minimum absolute atomic E-state index is 0.317. The van der Waals surface area contributed by atoms with Crippen LogP contribution in [0.25, 0.3) is 77.6 Å². The molecule has 2 aliphatic heterocycles. The van der Waals surface area contributed by atoms with E-state index >= 15 is 8.78 Å². The Kier molecular flexibility index (Phi) is 16.6. The summed E-state index contributed by atoms with van der Waals surface area (Å²) in [7, 11) is -1.01. The van der Waals surface area contributed by atoms with Crippen molar-refractivity contribution in [3.63, 3.8) is 0 Å². The van der Waals surface area contributed by atoms with Crippen LogP contribution < -0.4 is 20.7 Å². The van der Waals surface area contributed by atoms with Crippen LogP contribution in [0.15, 0.2) is 296 Å². The largest absolute Gasteiger partial charge is 0.494 e. The molecule has 15 rings (SSSR count). The first-order valence-corrected chi connectivity index (χ1v) is 32.4. The Morgan fingerprint density at radius 3 is 1.06 bits per heavy atom. The Morgan fingerprint density at radius 2 is 0.632 bits per heavy atom. The SMILES string of the molecule is CC1(C)OB(c2ccc(N(c3c(F)cc(-c4ccccc4)cc3-c3ccccc3)c3cccc4c3oc3ccccc34)cc2)OC1(C)C.CC1(C)OB(c2ccc(N(c3ccccc3-c3ccccc3)c3c(F)cc(-c4ccccc4)cc3-c3ccccc3)cc2)OC1(C)C. The fourth-order valence-electron chi connectivity index (χ4n) is 12.7. The van der Waals surface area contributed by atoms with Gasteiger partial charge in [-0.1, -0.05) is 224 Å². The van der Waals surface area contributed by atoms with E-state index in [0.717, 1.165) is 106 Å². The van der Waals surface area contributed by atoms with Crippen molar-refractivity contribution < 1.29 is 31.8 Å². The molecular weight excluding hydrogens is 1180 g/mol. The highest BCUT2D eigenvalue weighted by Crippen LogP contribution is 2.50. The number of para-hydroxylation sites is 3. The Bertz CT molecular complexity index is 4850. The van der Waals surface area contributed by atoms with Crippen LogP contribution in [-0.4, -0.2) is 36.6 Å². The molecule has 0 saturated carbocycles. The number of hydrogen-bond acceptors (Lipinski definition) is 7. The van der Waals surface area contributed by atoms with Crippen LogP contribution in [-0.2, 0) is 18.6 Å². The lowest BCUT2D eigenvalue weighted by atomic mass is 9.79. The molecule has 0 N–H and O–H groups in total. The van der Waals surface area contributed by atoms with Crippen molar-refractivity contribution in [3.8, 4) is 55.6 Å². The third-order valence-electron chi connectivity index (χ3n) is 19.2. The summed E-state index contributed by atoms with van der Waals surface area (Å²) in [5.41, 5.74) is 14.5. The fourth-order valence-corrected chi connectivity index (χ4v) is 12.7. The van der Waals surface area contributed by atoms with Crippen molar-refractivity contribution in [2.24, 2.45) is 0 Å². The van der Waals surface area contributed by atoms with Gasteiger partial charge in [0, 0.05) is 38.8 Å². The maximum atomic E-state index is 17.1. The van der Waals surface area contributed by atoms with Gasteiger partial charge in [0.25, 0.3) is 0 Å². The number of hydrogen-bond donors (Lipinski definition) is 0. The maximum absolute atomic E-state index is 17.1. The van der Waals surface area contributed by atoms with E-state index < -0.39 is 36.6 Å². The number of benzene rings is 12. The van der Waals surface area contributed by atoms with Crippen molar-refractivity contribution in [1.82, 2.24) is 0 Å². The fraction of sp³-hybridized carbons (Fsp3) is 0.143. The molecule has 13 aromatic rings. The highest BCUT2D eigenvalue weighted by molar-refractivity contribution is 6.62. The smallest absolute Gasteiger partial charge is 0.454 e. The second kappa shape index (κ2) is 25.3. The van der Waals surface area contributed by atoms with Gasteiger partial charge in [0.15, 0.2) is 5.58 Å². The van der Waals surface area contributed by atoms with Gasteiger partial charge in [0.1, 0.15) is 17.2 Å². The average molecular weight is 1250 g/mol. The standard InChI is InChI=1S/C42H35BFNO3.C42H37BFNO2/c1-41(2)42(3,4)48-43(47-41)31-22-24-32(25-23-31)45(37-20-13-19-34-33-18-11-12-21-38(33)46-40(34)37)39-35(29-16-9-6-10-17-29)26-30(27-36(39)44)28-14-7-5-8-15-28;1-41(2)42(3,4)47-43(46-41)34-24-26-35(27-25-34)45(39-23-15-14-22-36(39)31-18-10-6-11-19-31)40-37(32-20-12-7-13-21-32)28-33(29-38(40)44)30-16-8-5-9-17-30/h5-27H,1-4H3;5-29H,1-4H3. The molecule has 0 atom stereocenters. The molecule has 0 aliphatic carbocycles. The van der Waals surface area contributed by atoms with Crippen LogP contribution in [0.2, 0.25) is 0 Å². The zero-order chi connectivity index (χ0) is 65.6. The summed E-state index contributed by atoms with van der Waals surface area (Å²) in [6, 6.07) is 95.9. The molecule has 3 heterocycles. The van der Waals surface area contributed by atoms with E-state index in [0.29, 0.717) is 17.0 Å². The van der Waals surface area contributed by atoms with Gasteiger partial charge in [-0.15, -0.1) is 0 Å². The lowest BCUT2D eigenvalue weighted by molar-refractivity contribution is 0.00578. The van der Waals surface area contributed by atoms with Crippen LogP contribution >= 0.6 is 0 Å². The number of anilines is 6. The topological polar surface area (TPSA) is 56.5 Å². The first kappa shape index (κ1) is 62.3. The molecule has 0 bridgehead atoms. The summed E-state index contributed by atoms with van der Waals surface area (Å²) < 4.78 is 66.1. The molecule has 0 unspecified atom stereocenters. The van der Waals surface area contributed by atoms with Gasteiger partial charge in [-0.05, 0) is 172 Å². The zero-order valence-corrected chi connectivity index (χ0v) is 54.6. The summed E-state index contributed by atoms with van der Waals surface area (Å²) in [4.78, 5) is 4.02. The third-order valence-corrected chi connectivity index (χ3v) is 19.2. The van der Waals surface area contributed by atoms with Gasteiger partial charge < -0.3 is 32.8 Å². The second-order valence-corrected chi connectivity index (χ2v) is 26.3. The number of furan rings is 1. The molecule has 7 nitrogen and oxygen atoms in total. The Hall–Kier alpha value is -10.1. The highest BCUT2D eigenvalue weighted by atomic mass is 19.1.